The fourth-order valence-electron chi connectivity index (χ4n) is 3.24. The normalized spacial score (nSPS) is 17.5. The molecule has 20 heavy (non-hydrogen) atoms. The summed E-state index contributed by atoms with van der Waals surface area (Å²) in [4.78, 5) is 6.48. The third kappa shape index (κ3) is 2.31. The van der Waals surface area contributed by atoms with E-state index in [1.165, 1.54) is 0 Å². The van der Waals surface area contributed by atoms with E-state index >= 15 is 0 Å². The molecule has 0 radical (unpaired) electrons. The summed E-state index contributed by atoms with van der Waals surface area (Å²) in [6.07, 6.45) is 5.80. The summed E-state index contributed by atoms with van der Waals surface area (Å²) < 4.78 is 0. The number of hydrogen-bond donors (Lipinski definition) is 2. The minimum atomic E-state index is -0.551. The molecule has 4 heteroatoms. The molecular weight excluding hydrogens is 250 g/mol. The molecule has 2 aromatic rings. The Morgan fingerprint density at radius 1 is 1.30 bits per heavy atom. The van der Waals surface area contributed by atoms with Gasteiger partial charge in [-0.05, 0) is 25.0 Å². The molecule has 0 amide bonds. The minimum absolute atomic E-state index is 0.551. The molecule has 1 aliphatic rings. The number of para-hydroxylation sites is 1. The number of fused-ring (bicyclic) bond motifs is 1. The fourth-order valence-corrected chi connectivity index (χ4v) is 3.24. The first kappa shape index (κ1) is 13.2. The lowest BCUT2D eigenvalue weighted by molar-refractivity contribution is 0.0560. The summed E-state index contributed by atoms with van der Waals surface area (Å²) in [6.45, 7) is 0.654. The summed E-state index contributed by atoms with van der Waals surface area (Å²) in [6, 6.07) is 7.83. The zero-order chi connectivity index (χ0) is 14.2. The number of benzene rings is 1. The Hall–Kier alpha value is -1.81. The van der Waals surface area contributed by atoms with Crippen molar-refractivity contribution in [3.8, 4) is 0 Å². The topological polar surface area (TPSA) is 62.4 Å². The van der Waals surface area contributed by atoms with E-state index in [9.17, 15) is 5.11 Å². The number of hydrogen-bond acceptors (Lipinski definition) is 4. The molecule has 1 saturated carbocycles. The Morgan fingerprint density at radius 3 is 2.80 bits per heavy atom. The maximum absolute atomic E-state index is 10.6. The van der Waals surface area contributed by atoms with Crippen molar-refractivity contribution in [3.63, 3.8) is 0 Å². The van der Waals surface area contributed by atoms with Crippen LogP contribution in [-0.4, -0.2) is 29.3 Å². The first-order valence-electron chi connectivity index (χ1n) is 7.16. The Balaban J connectivity index is 1.95. The van der Waals surface area contributed by atoms with Crippen LogP contribution in [0.4, 0.5) is 11.4 Å². The van der Waals surface area contributed by atoms with Crippen LogP contribution in [0.3, 0.4) is 0 Å². The van der Waals surface area contributed by atoms with Crippen LogP contribution < -0.4 is 10.6 Å². The van der Waals surface area contributed by atoms with Gasteiger partial charge in [-0.25, -0.2) is 0 Å². The predicted molar refractivity (Wildman–Crippen MR) is 82.8 cm³/mol. The average Bonchev–Trinajstić information content (AvgIpc) is 2.85. The maximum atomic E-state index is 10.6. The van der Waals surface area contributed by atoms with Crippen LogP contribution in [0.2, 0.25) is 0 Å². The Bertz CT molecular complexity index is 620. The lowest BCUT2D eigenvalue weighted by Crippen LogP contribution is -2.39. The highest BCUT2D eigenvalue weighted by molar-refractivity contribution is 5.97. The molecular formula is C16H21N3O. The second kappa shape index (κ2) is 4.94. The Labute approximate surface area is 119 Å². The number of pyridine rings is 1. The average molecular weight is 271 g/mol. The van der Waals surface area contributed by atoms with Crippen LogP contribution in [0.5, 0.6) is 0 Å². The SMILES string of the molecule is CN(CC1(O)CCCC1)c1ccnc2c(N)cccc12. The van der Waals surface area contributed by atoms with E-state index in [1.807, 2.05) is 31.3 Å². The van der Waals surface area contributed by atoms with Crippen LogP contribution in [0.25, 0.3) is 10.9 Å². The number of rotatable bonds is 3. The summed E-state index contributed by atoms with van der Waals surface area (Å²) in [5, 5.41) is 11.6. The van der Waals surface area contributed by atoms with Gasteiger partial charge in [0.2, 0.25) is 0 Å². The second-order valence-corrected chi connectivity index (χ2v) is 5.86. The molecule has 0 bridgehead atoms. The summed E-state index contributed by atoms with van der Waals surface area (Å²) >= 11 is 0. The van der Waals surface area contributed by atoms with Crippen molar-refractivity contribution in [1.29, 1.82) is 0 Å². The van der Waals surface area contributed by atoms with E-state index in [4.69, 9.17) is 5.73 Å². The maximum Gasteiger partial charge on any atom is 0.0951 e. The molecule has 4 nitrogen and oxygen atoms in total. The molecule has 1 fully saturated rings. The lowest BCUT2D eigenvalue weighted by atomic mass is 10.0. The van der Waals surface area contributed by atoms with Crippen molar-refractivity contribution < 1.29 is 5.11 Å². The van der Waals surface area contributed by atoms with Gasteiger partial charge in [0.15, 0.2) is 0 Å². The van der Waals surface area contributed by atoms with E-state index in [2.05, 4.69) is 9.88 Å². The van der Waals surface area contributed by atoms with Crippen LogP contribution >= 0.6 is 0 Å². The summed E-state index contributed by atoms with van der Waals surface area (Å²) in [7, 11) is 2.02. The molecule has 106 valence electrons. The lowest BCUT2D eigenvalue weighted by Gasteiger charge is -2.30. The van der Waals surface area contributed by atoms with Gasteiger partial charge in [-0.2, -0.15) is 0 Å². The highest BCUT2D eigenvalue weighted by Crippen LogP contribution is 2.33. The van der Waals surface area contributed by atoms with Crippen LogP contribution in [-0.2, 0) is 0 Å². The molecule has 1 aromatic carbocycles. The highest BCUT2D eigenvalue weighted by atomic mass is 16.3. The van der Waals surface area contributed by atoms with E-state index in [0.717, 1.165) is 42.3 Å². The number of nitrogens with two attached hydrogens (primary N) is 1. The van der Waals surface area contributed by atoms with Gasteiger partial charge in [0, 0.05) is 30.9 Å². The molecule has 0 saturated heterocycles. The molecule has 3 rings (SSSR count). The van der Waals surface area contributed by atoms with Crippen molar-refractivity contribution in [2.75, 3.05) is 24.2 Å². The number of nitrogens with zero attached hydrogens (tertiary/aromatic N) is 2. The number of aliphatic hydroxyl groups is 1. The fraction of sp³-hybridized carbons (Fsp3) is 0.438. The zero-order valence-electron chi connectivity index (χ0n) is 11.8. The molecule has 0 spiro atoms. The van der Waals surface area contributed by atoms with Crippen molar-refractivity contribution in [2.45, 2.75) is 31.3 Å². The van der Waals surface area contributed by atoms with Crippen molar-refractivity contribution in [2.24, 2.45) is 0 Å². The van der Waals surface area contributed by atoms with E-state index in [0.29, 0.717) is 12.2 Å². The largest absolute Gasteiger partial charge is 0.397 e. The summed E-state index contributed by atoms with van der Waals surface area (Å²) in [5.74, 6) is 0. The predicted octanol–water partition coefficient (Wildman–Crippen LogP) is 2.56. The molecule has 1 heterocycles. The Morgan fingerprint density at radius 2 is 2.05 bits per heavy atom. The van der Waals surface area contributed by atoms with Gasteiger partial charge in [0.05, 0.1) is 16.8 Å². The van der Waals surface area contributed by atoms with Crippen molar-refractivity contribution in [1.82, 2.24) is 4.98 Å². The Kier molecular flexibility index (Phi) is 3.26. The molecule has 0 atom stereocenters. The van der Waals surface area contributed by atoms with Gasteiger partial charge in [0.25, 0.3) is 0 Å². The highest BCUT2D eigenvalue weighted by Gasteiger charge is 2.32. The van der Waals surface area contributed by atoms with Gasteiger partial charge in [-0.1, -0.05) is 25.0 Å². The van der Waals surface area contributed by atoms with Crippen LogP contribution in [0.1, 0.15) is 25.7 Å². The number of likely N-dealkylation sites (N-methyl/N-ethyl adjacent to an activating group) is 1. The third-order valence-corrected chi connectivity index (χ3v) is 4.26. The second-order valence-electron chi connectivity index (χ2n) is 5.86. The van der Waals surface area contributed by atoms with E-state index < -0.39 is 5.60 Å². The van der Waals surface area contributed by atoms with Crippen molar-refractivity contribution >= 4 is 22.3 Å². The first-order chi connectivity index (χ1) is 9.59. The molecule has 3 N–H and O–H groups in total. The molecule has 0 aliphatic heterocycles. The van der Waals surface area contributed by atoms with Gasteiger partial charge in [-0.15, -0.1) is 0 Å². The standard InChI is InChI=1S/C16H21N3O/c1-19(11-16(20)8-2-3-9-16)14-7-10-18-15-12(14)5-4-6-13(15)17/h4-7,10,20H,2-3,8-9,11,17H2,1H3. The van der Waals surface area contributed by atoms with Gasteiger partial charge < -0.3 is 15.7 Å². The molecule has 0 unspecified atom stereocenters. The van der Waals surface area contributed by atoms with Gasteiger partial charge >= 0.3 is 0 Å². The molecule has 1 aliphatic carbocycles. The van der Waals surface area contributed by atoms with Crippen LogP contribution in [0.15, 0.2) is 30.5 Å². The zero-order valence-corrected chi connectivity index (χ0v) is 11.8. The summed E-state index contributed by atoms with van der Waals surface area (Å²) in [5.41, 5.74) is 8.03. The number of anilines is 2. The first-order valence-corrected chi connectivity index (χ1v) is 7.16. The van der Waals surface area contributed by atoms with Gasteiger partial charge in [0.1, 0.15) is 0 Å². The third-order valence-electron chi connectivity index (χ3n) is 4.26. The van der Waals surface area contributed by atoms with E-state index in [1.54, 1.807) is 6.20 Å². The van der Waals surface area contributed by atoms with Crippen molar-refractivity contribution in [3.05, 3.63) is 30.5 Å². The smallest absolute Gasteiger partial charge is 0.0951 e. The number of aromatic nitrogens is 1. The minimum Gasteiger partial charge on any atom is -0.397 e. The van der Waals surface area contributed by atoms with Crippen LogP contribution in [0, 0.1) is 0 Å². The van der Waals surface area contributed by atoms with Gasteiger partial charge in [-0.3, -0.25) is 4.98 Å². The number of nitrogen functional groups attached to an aromatic ring is 1. The van der Waals surface area contributed by atoms with E-state index in [-0.39, 0.29) is 0 Å². The monoisotopic (exact) mass is 271 g/mol. The molecule has 1 aromatic heterocycles. The quantitative estimate of drug-likeness (QED) is 0.842.